The van der Waals surface area contributed by atoms with Crippen molar-refractivity contribution < 1.29 is 24.1 Å². The van der Waals surface area contributed by atoms with Gasteiger partial charge in [0, 0.05) is 37.2 Å². The van der Waals surface area contributed by atoms with Crippen LogP contribution in [0.2, 0.25) is 0 Å². The van der Waals surface area contributed by atoms with Gasteiger partial charge in [0.1, 0.15) is 6.61 Å². The second-order valence-electron chi connectivity index (χ2n) is 15.0. The summed E-state index contributed by atoms with van der Waals surface area (Å²) in [5.74, 6) is 0.143. The average Bonchev–Trinajstić information content (AvgIpc) is 3.30. The van der Waals surface area contributed by atoms with Crippen LogP contribution in [0.5, 0.6) is 0 Å². The summed E-state index contributed by atoms with van der Waals surface area (Å²) in [5, 5.41) is 12.5. The lowest BCUT2D eigenvalue weighted by Gasteiger charge is -2.43. The number of carbonyl (C=O) groups excluding carboxylic acids is 1. The van der Waals surface area contributed by atoms with Crippen molar-refractivity contribution in [3.05, 3.63) is 108 Å². The highest BCUT2D eigenvalue weighted by molar-refractivity contribution is 5.70. The summed E-state index contributed by atoms with van der Waals surface area (Å²) in [6.45, 7) is 15.7. The van der Waals surface area contributed by atoms with E-state index in [1.54, 1.807) is 6.08 Å². The zero-order valence-corrected chi connectivity index (χ0v) is 28.3. The van der Waals surface area contributed by atoms with Crippen molar-refractivity contribution >= 4 is 6.09 Å². The fraction of sp³-hybridized carbons (Fsp3) is 0.475. The summed E-state index contributed by atoms with van der Waals surface area (Å²) in [7, 11) is 0. The fourth-order valence-corrected chi connectivity index (χ4v) is 8.48. The van der Waals surface area contributed by atoms with Crippen LogP contribution in [0.4, 0.5) is 4.79 Å². The molecule has 2 unspecified atom stereocenters. The van der Waals surface area contributed by atoms with Crippen molar-refractivity contribution in [2.24, 2.45) is 16.7 Å². The minimum Gasteiger partial charge on any atom is -0.445 e. The lowest BCUT2D eigenvalue weighted by molar-refractivity contribution is -0.276. The van der Waals surface area contributed by atoms with Gasteiger partial charge in [0.05, 0.1) is 18.8 Å². The largest absolute Gasteiger partial charge is 0.445 e. The molecule has 0 aromatic heterocycles. The predicted octanol–water partition coefficient (Wildman–Crippen LogP) is 7.95. The summed E-state index contributed by atoms with van der Waals surface area (Å²) < 4.78 is 18.7. The summed E-state index contributed by atoms with van der Waals surface area (Å²) in [6.07, 6.45) is 4.17. The minimum absolute atomic E-state index is 0.00495. The van der Waals surface area contributed by atoms with Gasteiger partial charge in [0.2, 0.25) is 0 Å². The first-order valence-corrected chi connectivity index (χ1v) is 17.0. The number of hydrogen-bond donors (Lipinski definition) is 2. The molecule has 1 aliphatic carbocycles. The number of hydrogen-bond acceptors (Lipinski definition) is 6. The predicted molar refractivity (Wildman–Crippen MR) is 184 cm³/mol. The highest BCUT2D eigenvalue weighted by atomic mass is 16.7. The molecule has 3 fully saturated rings. The van der Waals surface area contributed by atoms with Gasteiger partial charge in [-0.25, -0.2) is 4.79 Å². The molecule has 0 radical (unpaired) electrons. The van der Waals surface area contributed by atoms with Gasteiger partial charge in [-0.3, -0.25) is 4.90 Å². The van der Waals surface area contributed by atoms with E-state index in [1.807, 2.05) is 30.3 Å². The Hall–Kier alpha value is -3.49. The summed E-state index contributed by atoms with van der Waals surface area (Å²) >= 11 is 0. The maximum absolute atomic E-state index is 12.0. The zero-order valence-electron chi connectivity index (χ0n) is 28.3. The molecule has 7 heteroatoms. The van der Waals surface area contributed by atoms with E-state index in [1.165, 1.54) is 19.3 Å². The molecule has 6 rings (SSSR count). The third kappa shape index (κ3) is 7.65. The van der Waals surface area contributed by atoms with Crippen LogP contribution in [0.3, 0.4) is 0 Å². The van der Waals surface area contributed by atoms with Gasteiger partial charge in [0.15, 0.2) is 6.29 Å². The molecule has 2 heterocycles. The molecule has 3 aromatic carbocycles. The Morgan fingerprint density at radius 2 is 1.74 bits per heavy atom. The standard InChI is InChI=1S/C40H50N2O5/c1-6-19-45-38(44)41-22-32-9-7-8-10-34(32)29-15-17-31(18-16-29)37-46-35(23-42-26-40(5)21-33(42)20-39(3,4)25-40)27(2)36(47-37)30-13-11-28(24-43)12-14-30/h6-18,27,33,35-37,43H,1,19-26H2,2-5H3,(H,41,44)/t27-,33?,35+,36+,37+,40?/m1/s1. The number of nitrogens with zero attached hydrogens (tertiary/aromatic N) is 1. The van der Waals surface area contributed by atoms with Gasteiger partial charge in [0.25, 0.3) is 0 Å². The molecule has 1 saturated carbocycles. The maximum atomic E-state index is 12.0. The highest BCUT2D eigenvalue weighted by Gasteiger charge is 2.51. The van der Waals surface area contributed by atoms with Gasteiger partial charge < -0.3 is 24.6 Å². The fourth-order valence-electron chi connectivity index (χ4n) is 8.48. The monoisotopic (exact) mass is 638 g/mol. The molecule has 0 spiro atoms. The van der Waals surface area contributed by atoms with E-state index < -0.39 is 12.4 Å². The van der Waals surface area contributed by atoms with Crippen LogP contribution in [0.15, 0.2) is 85.5 Å². The molecule has 1 amide bonds. The number of amides is 1. The van der Waals surface area contributed by atoms with Crippen molar-refractivity contribution in [1.29, 1.82) is 0 Å². The number of carbonyl (C=O) groups is 1. The molecule has 7 nitrogen and oxygen atoms in total. The zero-order chi connectivity index (χ0) is 33.2. The van der Waals surface area contributed by atoms with Crippen molar-refractivity contribution in [1.82, 2.24) is 10.2 Å². The third-order valence-electron chi connectivity index (χ3n) is 10.3. The maximum Gasteiger partial charge on any atom is 0.407 e. The van der Waals surface area contributed by atoms with Crippen molar-refractivity contribution in [2.45, 2.75) is 84.6 Å². The number of likely N-dealkylation sites (tertiary alicyclic amines) is 1. The average molecular weight is 639 g/mol. The van der Waals surface area contributed by atoms with E-state index in [-0.39, 0.29) is 31.3 Å². The lowest BCUT2D eigenvalue weighted by atomic mass is 9.65. The van der Waals surface area contributed by atoms with Gasteiger partial charge in [-0.2, -0.15) is 0 Å². The van der Waals surface area contributed by atoms with E-state index in [0.29, 0.717) is 23.4 Å². The Balaban J connectivity index is 1.23. The van der Waals surface area contributed by atoms with Crippen molar-refractivity contribution in [3.63, 3.8) is 0 Å². The molecule has 3 aliphatic rings. The quantitative estimate of drug-likeness (QED) is 0.220. The van der Waals surface area contributed by atoms with Gasteiger partial charge in [-0.15, -0.1) is 0 Å². The number of alkyl carbamates (subject to hydrolysis) is 1. The van der Waals surface area contributed by atoms with Crippen LogP contribution >= 0.6 is 0 Å². The van der Waals surface area contributed by atoms with E-state index in [9.17, 15) is 9.90 Å². The molecule has 2 N–H and O–H groups in total. The highest BCUT2D eigenvalue weighted by Crippen LogP contribution is 2.53. The smallest absolute Gasteiger partial charge is 0.407 e. The second-order valence-corrected chi connectivity index (χ2v) is 15.0. The summed E-state index contributed by atoms with van der Waals surface area (Å²) in [4.78, 5) is 14.7. The summed E-state index contributed by atoms with van der Waals surface area (Å²) in [5.41, 5.74) is 6.76. The Morgan fingerprint density at radius 1 is 1.02 bits per heavy atom. The number of fused-ring (bicyclic) bond motifs is 2. The molecule has 2 saturated heterocycles. The van der Waals surface area contributed by atoms with E-state index in [4.69, 9.17) is 14.2 Å². The number of ether oxygens (including phenoxy) is 3. The van der Waals surface area contributed by atoms with Gasteiger partial charge >= 0.3 is 6.09 Å². The van der Waals surface area contributed by atoms with Crippen molar-refractivity contribution in [3.8, 4) is 11.1 Å². The molecule has 47 heavy (non-hydrogen) atoms. The van der Waals surface area contributed by atoms with Crippen LogP contribution in [-0.2, 0) is 27.4 Å². The Bertz CT molecular complexity index is 1540. The molecule has 6 atom stereocenters. The molecule has 3 aromatic rings. The Labute approximate surface area is 279 Å². The molecule has 250 valence electrons. The number of rotatable bonds is 10. The molecular formula is C40H50N2O5. The SMILES string of the molecule is C=CCOC(=O)NCc1ccccc1-c1ccc([C@H]2O[C@@H](CN3CC4(C)CC3CC(C)(C)C4)[C@@H](C)[C@@H](c3ccc(CO)cc3)O2)cc1. The van der Waals surface area contributed by atoms with Crippen LogP contribution < -0.4 is 5.32 Å². The Kier molecular flexibility index (Phi) is 9.90. The number of aliphatic hydroxyl groups is 1. The normalized spacial score (nSPS) is 28.5. The van der Waals surface area contributed by atoms with Crippen LogP contribution in [0.25, 0.3) is 11.1 Å². The van der Waals surface area contributed by atoms with E-state index >= 15 is 0 Å². The molecule has 2 bridgehead atoms. The van der Waals surface area contributed by atoms with E-state index in [0.717, 1.165) is 46.5 Å². The minimum atomic E-state index is -0.515. The topological polar surface area (TPSA) is 80.3 Å². The number of nitrogens with one attached hydrogen (secondary N) is 1. The number of benzene rings is 3. The first-order chi connectivity index (χ1) is 22.6. The third-order valence-corrected chi connectivity index (χ3v) is 10.3. The van der Waals surface area contributed by atoms with Crippen LogP contribution in [0, 0.1) is 16.7 Å². The lowest BCUT2D eigenvalue weighted by Crippen LogP contribution is -2.46. The van der Waals surface area contributed by atoms with Gasteiger partial charge in [-0.1, -0.05) is 113 Å². The van der Waals surface area contributed by atoms with Crippen molar-refractivity contribution in [2.75, 3.05) is 19.7 Å². The first-order valence-electron chi connectivity index (χ1n) is 17.0. The second kappa shape index (κ2) is 13.9. The molecular weight excluding hydrogens is 588 g/mol. The number of aliphatic hydroxyl groups excluding tert-OH is 1. The van der Waals surface area contributed by atoms with Crippen LogP contribution in [0.1, 0.15) is 81.6 Å². The van der Waals surface area contributed by atoms with Crippen LogP contribution in [-0.4, -0.2) is 47.9 Å². The molecule has 2 aliphatic heterocycles. The first kappa shape index (κ1) is 33.4. The Morgan fingerprint density at radius 3 is 2.47 bits per heavy atom. The van der Waals surface area contributed by atoms with E-state index in [2.05, 4.69) is 87.0 Å². The van der Waals surface area contributed by atoms with Gasteiger partial charge in [-0.05, 0) is 57.9 Å². The summed E-state index contributed by atoms with van der Waals surface area (Å²) in [6, 6.07) is 25.1.